The van der Waals surface area contributed by atoms with E-state index in [0.29, 0.717) is 0 Å². The van der Waals surface area contributed by atoms with E-state index in [2.05, 4.69) is 5.32 Å². The van der Waals surface area contributed by atoms with Crippen LogP contribution in [0.5, 0.6) is 11.5 Å². The number of Topliss-reactive ketones (excluding diaryl/α,β-unsaturated/α-hetero) is 1. The summed E-state index contributed by atoms with van der Waals surface area (Å²) in [6.07, 6.45) is -2.68. The third kappa shape index (κ3) is 2.95. The van der Waals surface area contributed by atoms with Crippen LogP contribution < -0.4 is 14.8 Å². The Labute approximate surface area is 104 Å². The predicted octanol–water partition coefficient (Wildman–Crippen LogP) is 2.04. The van der Waals surface area contributed by atoms with Gasteiger partial charge in [-0.25, -0.2) is 8.78 Å². The molecule has 0 heterocycles. The first-order valence-corrected chi connectivity index (χ1v) is 5.27. The first-order valence-electron chi connectivity index (χ1n) is 5.27. The Balaban J connectivity index is 3.35. The zero-order valence-electron chi connectivity index (χ0n) is 10.4. The van der Waals surface area contributed by atoms with E-state index in [9.17, 15) is 13.6 Å². The van der Waals surface area contributed by atoms with Crippen LogP contribution in [0.1, 0.15) is 22.3 Å². The molecule has 0 atom stereocenters. The Kier molecular flexibility index (Phi) is 5.03. The number of carbonyl (C=O) groups excluding carboxylic acids is 1. The van der Waals surface area contributed by atoms with E-state index < -0.39 is 6.43 Å². The lowest BCUT2D eigenvalue weighted by Crippen LogP contribution is -2.19. The van der Waals surface area contributed by atoms with E-state index in [1.165, 1.54) is 20.3 Å². The number of carbonyl (C=O) groups is 1. The number of ether oxygens (including phenoxy) is 2. The summed E-state index contributed by atoms with van der Waals surface area (Å²) in [4.78, 5) is 11.8. The van der Waals surface area contributed by atoms with Crippen LogP contribution >= 0.6 is 0 Å². The van der Waals surface area contributed by atoms with Crippen LogP contribution in [-0.2, 0) is 0 Å². The molecule has 1 aromatic rings. The van der Waals surface area contributed by atoms with E-state index in [0.717, 1.165) is 6.07 Å². The van der Waals surface area contributed by atoms with Crippen LogP contribution in [-0.4, -0.2) is 33.6 Å². The maximum absolute atomic E-state index is 12.7. The number of halogens is 2. The number of methoxy groups -OCH3 is 2. The van der Waals surface area contributed by atoms with Crippen LogP contribution in [0.4, 0.5) is 8.78 Å². The molecule has 0 unspecified atom stereocenters. The minimum atomic E-state index is -2.68. The highest BCUT2D eigenvalue weighted by Crippen LogP contribution is 2.35. The molecule has 0 aliphatic rings. The maximum atomic E-state index is 12.7. The first kappa shape index (κ1) is 14.4. The van der Waals surface area contributed by atoms with Crippen molar-refractivity contribution < 1.29 is 23.0 Å². The van der Waals surface area contributed by atoms with Crippen molar-refractivity contribution in [3.8, 4) is 11.5 Å². The van der Waals surface area contributed by atoms with Crippen molar-refractivity contribution in [2.75, 3.05) is 27.8 Å². The highest BCUT2D eigenvalue weighted by Gasteiger charge is 2.20. The molecule has 1 aromatic carbocycles. The largest absolute Gasteiger partial charge is 0.493 e. The molecule has 0 aliphatic carbocycles. The fraction of sp³-hybridized carbons (Fsp3) is 0.417. The van der Waals surface area contributed by atoms with Crippen LogP contribution in [0.3, 0.4) is 0 Å². The summed E-state index contributed by atoms with van der Waals surface area (Å²) >= 11 is 0. The number of rotatable bonds is 6. The van der Waals surface area contributed by atoms with Crippen LogP contribution in [0, 0.1) is 0 Å². The molecular formula is C12H15F2NO3. The monoisotopic (exact) mass is 259 g/mol. The summed E-state index contributed by atoms with van der Waals surface area (Å²) < 4.78 is 35.5. The average Bonchev–Trinajstić information content (AvgIpc) is 2.37. The molecule has 0 saturated heterocycles. The standard InChI is InChI=1S/C12H15F2NO3/c1-15-6-9(16)8-4-7(12(13)14)5-10(17-2)11(8)18-3/h4-5,12,15H,6H2,1-3H3. The van der Waals surface area contributed by atoms with E-state index in [-0.39, 0.29) is 35.0 Å². The van der Waals surface area contributed by atoms with Crippen LogP contribution in [0.2, 0.25) is 0 Å². The fourth-order valence-electron chi connectivity index (χ4n) is 1.57. The Morgan fingerprint density at radius 3 is 2.44 bits per heavy atom. The quantitative estimate of drug-likeness (QED) is 0.794. The lowest BCUT2D eigenvalue weighted by Gasteiger charge is -2.14. The zero-order chi connectivity index (χ0) is 13.7. The number of alkyl halides is 2. The molecule has 0 saturated carbocycles. The molecule has 0 aliphatic heterocycles. The van der Waals surface area contributed by atoms with Gasteiger partial charge in [-0.05, 0) is 19.2 Å². The predicted molar refractivity (Wildman–Crippen MR) is 62.8 cm³/mol. The second kappa shape index (κ2) is 6.30. The van der Waals surface area contributed by atoms with Crippen molar-refractivity contribution in [2.24, 2.45) is 0 Å². The van der Waals surface area contributed by atoms with Crippen LogP contribution in [0.15, 0.2) is 12.1 Å². The summed E-state index contributed by atoms with van der Waals surface area (Å²) in [6.45, 7) is 0.0339. The zero-order valence-corrected chi connectivity index (χ0v) is 10.4. The van der Waals surface area contributed by atoms with Gasteiger partial charge < -0.3 is 14.8 Å². The Hall–Kier alpha value is -1.69. The normalized spacial score (nSPS) is 10.6. The fourth-order valence-corrected chi connectivity index (χ4v) is 1.57. The number of hydrogen-bond acceptors (Lipinski definition) is 4. The highest BCUT2D eigenvalue weighted by molar-refractivity contribution is 6.01. The van der Waals surface area contributed by atoms with Gasteiger partial charge in [0.2, 0.25) is 0 Å². The summed E-state index contributed by atoms with van der Waals surface area (Å²) in [7, 11) is 4.29. The molecule has 0 fully saturated rings. The van der Waals surface area contributed by atoms with Crippen molar-refractivity contribution >= 4 is 5.78 Å². The van der Waals surface area contributed by atoms with Gasteiger partial charge in [0.05, 0.1) is 26.3 Å². The van der Waals surface area contributed by atoms with Crippen molar-refractivity contribution in [1.82, 2.24) is 5.32 Å². The first-order chi connectivity index (χ1) is 8.54. The minimum absolute atomic E-state index is 0.0339. The van der Waals surface area contributed by atoms with Gasteiger partial charge in [0.1, 0.15) is 0 Å². The Bertz CT molecular complexity index is 436. The van der Waals surface area contributed by atoms with Gasteiger partial charge in [0.25, 0.3) is 6.43 Å². The lowest BCUT2D eigenvalue weighted by molar-refractivity contribution is 0.0989. The lowest BCUT2D eigenvalue weighted by atomic mass is 10.0. The molecule has 18 heavy (non-hydrogen) atoms. The summed E-state index contributed by atoms with van der Waals surface area (Å²) in [5.74, 6) is -0.0490. The van der Waals surface area contributed by atoms with Crippen molar-refractivity contribution in [1.29, 1.82) is 0 Å². The van der Waals surface area contributed by atoms with Crippen molar-refractivity contribution in [3.63, 3.8) is 0 Å². The van der Waals surface area contributed by atoms with Gasteiger partial charge in [0.15, 0.2) is 17.3 Å². The molecule has 0 bridgehead atoms. The van der Waals surface area contributed by atoms with E-state index in [1.807, 2.05) is 0 Å². The molecule has 4 nitrogen and oxygen atoms in total. The second-order valence-electron chi connectivity index (χ2n) is 3.56. The van der Waals surface area contributed by atoms with Gasteiger partial charge in [-0.2, -0.15) is 0 Å². The molecule has 100 valence electrons. The maximum Gasteiger partial charge on any atom is 0.264 e. The molecule has 0 aromatic heterocycles. The molecular weight excluding hydrogens is 244 g/mol. The van der Waals surface area contributed by atoms with Crippen molar-refractivity contribution in [2.45, 2.75) is 6.43 Å². The van der Waals surface area contributed by atoms with Gasteiger partial charge in [0, 0.05) is 5.56 Å². The molecule has 0 amide bonds. The average molecular weight is 259 g/mol. The number of hydrogen-bond donors (Lipinski definition) is 1. The molecule has 1 rings (SSSR count). The second-order valence-corrected chi connectivity index (χ2v) is 3.56. The molecule has 6 heteroatoms. The van der Waals surface area contributed by atoms with Crippen molar-refractivity contribution in [3.05, 3.63) is 23.3 Å². The topological polar surface area (TPSA) is 47.6 Å². The van der Waals surface area contributed by atoms with E-state index in [4.69, 9.17) is 9.47 Å². The Morgan fingerprint density at radius 2 is 2.00 bits per heavy atom. The van der Waals surface area contributed by atoms with Gasteiger partial charge >= 0.3 is 0 Å². The SMILES string of the molecule is CNCC(=O)c1cc(C(F)F)cc(OC)c1OC. The minimum Gasteiger partial charge on any atom is -0.493 e. The molecule has 0 radical (unpaired) electrons. The number of likely N-dealkylation sites (N-methyl/N-ethyl adjacent to an activating group) is 1. The number of nitrogens with one attached hydrogen (secondary N) is 1. The molecule has 1 N–H and O–H groups in total. The number of benzene rings is 1. The third-order valence-corrected chi connectivity index (χ3v) is 2.39. The Morgan fingerprint density at radius 1 is 1.33 bits per heavy atom. The third-order valence-electron chi connectivity index (χ3n) is 2.39. The molecule has 0 spiro atoms. The van der Waals surface area contributed by atoms with Crippen LogP contribution in [0.25, 0.3) is 0 Å². The summed E-state index contributed by atoms with van der Waals surface area (Å²) in [5, 5.41) is 2.67. The summed E-state index contributed by atoms with van der Waals surface area (Å²) in [6, 6.07) is 2.30. The van der Waals surface area contributed by atoms with Gasteiger partial charge in [-0.3, -0.25) is 4.79 Å². The van der Waals surface area contributed by atoms with Gasteiger partial charge in [-0.15, -0.1) is 0 Å². The summed E-state index contributed by atoms with van der Waals surface area (Å²) in [5.41, 5.74) is -0.186. The van der Waals surface area contributed by atoms with E-state index in [1.54, 1.807) is 7.05 Å². The number of ketones is 1. The highest BCUT2D eigenvalue weighted by atomic mass is 19.3. The smallest absolute Gasteiger partial charge is 0.264 e. The van der Waals surface area contributed by atoms with Gasteiger partial charge in [-0.1, -0.05) is 0 Å². The van der Waals surface area contributed by atoms with E-state index >= 15 is 0 Å².